The highest BCUT2D eigenvalue weighted by atomic mass is 32.2. The van der Waals surface area contributed by atoms with E-state index in [1.54, 1.807) is 23.6 Å². The van der Waals surface area contributed by atoms with E-state index in [9.17, 15) is 4.79 Å². The average molecular weight is 429 g/mol. The monoisotopic (exact) mass is 428 g/mol. The van der Waals surface area contributed by atoms with E-state index >= 15 is 0 Å². The maximum absolute atomic E-state index is 13.0. The van der Waals surface area contributed by atoms with Crippen LogP contribution < -0.4 is 5.32 Å². The third kappa shape index (κ3) is 5.07. The molecule has 0 saturated carbocycles. The van der Waals surface area contributed by atoms with E-state index < -0.39 is 0 Å². The van der Waals surface area contributed by atoms with Gasteiger partial charge in [-0.2, -0.15) is 0 Å². The Bertz CT molecular complexity index is 936. The normalized spacial score (nSPS) is 15.5. The Kier molecular flexibility index (Phi) is 6.63. The van der Waals surface area contributed by atoms with Crippen molar-refractivity contribution in [2.75, 3.05) is 19.6 Å². The SMILES string of the molecule is Cc1cc(CSc2ncccc2C(=O)NCC(c2cccs2)N2CCCC2)no1. The molecule has 0 aromatic carbocycles. The van der Waals surface area contributed by atoms with Crippen molar-refractivity contribution in [2.24, 2.45) is 0 Å². The van der Waals surface area contributed by atoms with Gasteiger partial charge in [-0.05, 0) is 56.4 Å². The van der Waals surface area contributed by atoms with Crippen molar-refractivity contribution >= 4 is 29.0 Å². The maximum atomic E-state index is 13.0. The highest BCUT2D eigenvalue weighted by Gasteiger charge is 2.25. The molecule has 3 aromatic heterocycles. The molecule has 29 heavy (non-hydrogen) atoms. The summed E-state index contributed by atoms with van der Waals surface area (Å²) in [6.07, 6.45) is 4.16. The van der Waals surface area contributed by atoms with Gasteiger partial charge in [0.1, 0.15) is 10.8 Å². The molecule has 4 heterocycles. The molecule has 1 fully saturated rings. The number of nitrogens with zero attached hydrogens (tertiary/aromatic N) is 3. The molecule has 152 valence electrons. The lowest BCUT2D eigenvalue weighted by Gasteiger charge is -2.27. The number of carbonyl (C=O) groups excluding carboxylic acids is 1. The molecular formula is C21H24N4O2S2. The molecule has 0 radical (unpaired) electrons. The van der Waals surface area contributed by atoms with Gasteiger partial charge in [-0.25, -0.2) is 4.98 Å². The van der Waals surface area contributed by atoms with Gasteiger partial charge in [0, 0.05) is 29.4 Å². The molecule has 1 aliphatic heterocycles. The predicted octanol–water partition coefficient (Wildman–Crippen LogP) is 4.30. The van der Waals surface area contributed by atoms with Gasteiger partial charge in [0.15, 0.2) is 0 Å². The smallest absolute Gasteiger partial charge is 0.254 e. The first kappa shape index (κ1) is 20.1. The third-order valence-corrected chi connectivity index (χ3v) is 6.97. The predicted molar refractivity (Wildman–Crippen MR) is 115 cm³/mol. The number of carbonyl (C=O) groups is 1. The van der Waals surface area contributed by atoms with Crippen molar-refractivity contribution in [1.29, 1.82) is 0 Å². The Balaban J connectivity index is 1.42. The van der Waals surface area contributed by atoms with Gasteiger partial charge in [0.05, 0.1) is 17.3 Å². The van der Waals surface area contributed by atoms with Gasteiger partial charge in [0.2, 0.25) is 0 Å². The summed E-state index contributed by atoms with van der Waals surface area (Å²) in [7, 11) is 0. The summed E-state index contributed by atoms with van der Waals surface area (Å²) in [4.78, 5) is 21.1. The van der Waals surface area contributed by atoms with E-state index in [0.29, 0.717) is 22.9 Å². The summed E-state index contributed by atoms with van der Waals surface area (Å²) < 4.78 is 5.11. The van der Waals surface area contributed by atoms with Crippen molar-refractivity contribution in [3.05, 3.63) is 63.8 Å². The van der Waals surface area contributed by atoms with E-state index in [1.165, 1.54) is 29.5 Å². The lowest BCUT2D eigenvalue weighted by atomic mass is 10.2. The number of amides is 1. The Morgan fingerprint density at radius 2 is 2.21 bits per heavy atom. The highest BCUT2D eigenvalue weighted by molar-refractivity contribution is 7.98. The third-order valence-electron chi connectivity index (χ3n) is 4.96. The Labute approximate surface area is 178 Å². The fourth-order valence-electron chi connectivity index (χ4n) is 3.54. The van der Waals surface area contributed by atoms with Gasteiger partial charge in [0.25, 0.3) is 5.91 Å². The summed E-state index contributed by atoms with van der Waals surface area (Å²) in [5.41, 5.74) is 1.44. The molecule has 1 saturated heterocycles. The topological polar surface area (TPSA) is 71.3 Å². The quantitative estimate of drug-likeness (QED) is 0.540. The van der Waals surface area contributed by atoms with Crippen molar-refractivity contribution in [2.45, 2.75) is 36.6 Å². The summed E-state index contributed by atoms with van der Waals surface area (Å²) in [6, 6.07) is 9.99. The Morgan fingerprint density at radius 3 is 2.93 bits per heavy atom. The van der Waals surface area contributed by atoms with Crippen LogP contribution in [0.2, 0.25) is 0 Å². The van der Waals surface area contributed by atoms with Crippen molar-refractivity contribution in [3.63, 3.8) is 0 Å². The van der Waals surface area contributed by atoms with Crippen LogP contribution in [0.3, 0.4) is 0 Å². The molecule has 1 N–H and O–H groups in total. The molecule has 0 bridgehead atoms. The van der Waals surface area contributed by atoms with Crippen LogP contribution in [0.15, 0.2) is 51.5 Å². The molecule has 1 amide bonds. The second-order valence-corrected chi connectivity index (χ2v) is 9.00. The van der Waals surface area contributed by atoms with Crippen molar-refractivity contribution < 1.29 is 9.32 Å². The Hall–Kier alpha value is -2.16. The van der Waals surface area contributed by atoms with Gasteiger partial charge in [-0.1, -0.05) is 23.0 Å². The minimum Gasteiger partial charge on any atom is -0.361 e. The summed E-state index contributed by atoms with van der Waals surface area (Å²) in [5, 5.41) is 9.96. The van der Waals surface area contributed by atoms with Crippen LogP contribution in [0, 0.1) is 6.92 Å². The number of thioether (sulfide) groups is 1. The fourth-order valence-corrected chi connectivity index (χ4v) is 5.27. The number of hydrogen-bond donors (Lipinski definition) is 1. The average Bonchev–Trinajstić information content (AvgIpc) is 3.50. The van der Waals surface area contributed by atoms with Crippen LogP contribution in [0.5, 0.6) is 0 Å². The summed E-state index contributed by atoms with van der Waals surface area (Å²) in [5.74, 6) is 1.30. The first-order valence-corrected chi connectivity index (χ1v) is 11.6. The van der Waals surface area contributed by atoms with Crippen LogP contribution in [-0.4, -0.2) is 40.6 Å². The molecule has 1 unspecified atom stereocenters. The maximum Gasteiger partial charge on any atom is 0.254 e. The molecular weight excluding hydrogens is 404 g/mol. The Morgan fingerprint density at radius 1 is 1.34 bits per heavy atom. The zero-order chi connectivity index (χ0) is 20.1. The van der Waals surface area contributed by atoms with E-state index in [4.69, 9.17) is 4.52 Å². The first-order chi connectivity index (χ1) is 14.2. The zero-order valence-corrected chi connectivity index (χ0v) is 18.0. The van der Waals surface area contributed by atoms with Crippen LogP contribution in [-0.2, 0) is 5.75 Å². The zero-order valence-electron chi connectivity index (χ0n) is 16.3. The lowest BCUT2D eigenvalue weighted by molar-refractivity contribution is 0.0934. The number of aromatic nitrogens is 2. The van der Waals surface area contributed by atoms with Gasteiger partial charge in [-0.15, -0.1) is 11.3 Å². The molecule has 1 aliphatic rings. The molecule has 6 nitrogen and oxygen atoms in total. The van der Waals surface area contributed by atoms with Gasteiger partial charge < -0.3 is 9.84 Å². The number of rotatable bonds is 8. The van der Waals surface area contributed by atoms with Crippen LogP contribution in [0.4, 0.5) is 0 Å². The lowest BCUT2D eigenvalue weighted by Crippen LogP contribution is -2.36. The van der Waals surface area contributed by atoms with Crippen molar-refractivity contribution in [1.82, 2.24) is 20.4 Å². The number of aryl methyl sites for hydroxylation is 1. The standard InChI is InChI=1S/C21H24N4O2S2/c1-15-12-16(24-27-15)14-29-21-17(6-4-8-22-21)20(26)23-13-18(19-7-5-11-28-19)25-9-2-3-10-25/h4-8,11-12,18H,2-3,9-10,13-14H2,1H3,(H,23,26). The number of likely N-dealkylation sites (tertiary alicyclic amines) is 1. The molecule has 3 aromatic rings. The fraction of sp³-hybridized carbons (Fsp3) is 0.381. The number of hydrogen-bond acceptors (Lipinski definition) is 7. The van der Waals surface area contributed by atoms with Crippen LogP contribution in [0.1, 0.15) is 45.6 Å². The van der Waals surface area contributed by atoms with E-state index in [1.807, 2.05) is 19.1 Å². The van der Waals surface area contributed by atoms with E-state index in [-0.39, 0.29) is 11.9 Å². The summed E-state index contributed by atoms with van der Waals surface area (Å²) >= 11 is 3.25. The first-order valence-electron chi connectivity index (χ1n) is 9.76. The second kappa shape index (κ2) is 9.56. The molecule has 8 heteroatoms. The molecule has 0 spiro atoms. The molecule has 1 atom stereocenters. The van der Waals surface area contributed by atoms with Crippen LogP contribution in [0.25, 0.3) is 0 Å². The number of pyridine rings is 1. The molecule has 0 aliphatic carbocycles. The summed E-state index contributed by atoms with van der Waals surface area (Å²) in [6.45, 7) is 4.64. The minimum atomic E-state index is -0.0855. The van der Waals surface area contributed by atoms with Crippen LogP contribution >= 0.6 is 23.1 Å². The largest absolute Gasteiger partial charge is 0.361 e. The van der Waals surface area contributed by atoms with Gasteiger partial charge in [-0.3, -0.25) is 9.69 Å². The second-order valence-electron chi connectivity index (χ2n) is 7.06. The molecule has 4 rings (SSSR count). The number of thiophene rings is 1. The highest BCUT2D eigenvalue weighted by Crippen LogP contribution is 2.28. The minimum absolute atomic E-state index is 0.0855. The van der Waals surface area contributed by atoms with E-state index in [2.05, 4.69) is 37.9 Å². The van der Waals surface area contributed by atoms with Gasteiger partial charge >= 0.3 is 0 Å². The number of nitrogens with one attached hydrogen (secondary N) is 1. The van der Waals surface area contributed by atoms with Crippen molar-refractivity contribution in [3.8, 4) is 0 Å². The van der Waals surface area contributed by atoms with E-state index in [0.717, 1.165) is 24.5 Å².